The van der Waals surface area contributed by atoms with Gasteiger partial charge in [-0.05, 0) is 43.4 Å². The number of halogens is 3. The van der Waals surface area contributed by atoms with Gasteiger partial charge in [-0.2, -0.15) is 0 Å². The third-order valence-electron chi connectivity index (χ3n) is 3.48. The second kappa shape index (κ2) is 7.55. The Morgan fingerprint density at radius 3 is 2.45 bits per heavy atom. The lowest BCUT2D eigenvalue weighted by Crippen LogP contribution is -2.31. The van der Waals surface area contributed by atoms with Gasteiger partial charge in [0.25, 0.3) is 0 Å². The number of rotatable bonds is 4. The van der Waals surface area contributed by atoms with Crippen LogP contribution in [0.15, 0.2) is 18.2 Å². The van der Waals surface area contributed by atoms with E-state index in [1.807, 2.05) is 0 Å². The Kier molecular flexibility index (Phi) is 6.36. The maximum absolute atomic E-state index is 13.0. The zero-order chi connectivity index (χ0) is 13.8. The molecule has 112 valence electrons. The largest absolute Gasteiger partial charge is 0.356 e. The van der Waals surface area contributed by atoms with Crippen molar-refractivity contribution in [2.45, 2.75) is 31.7 Å². The van der Waals surface area contributed by atoms with Crippen molar-refractivity contribution in [3.63, 3.8) is 0 Å². The van der Waals surface area contributed by atoms with Gasteiger partial charge in [-0.25, -0.2) is 8.78 Å². The molecular weight excluding hydrogens is 286 g/mol. The first kappa shape index (κ1) is 16.9. The van der Waals surface area contributed by atoms with E-state index in [1.165, 1.54) is 12.1 Å². The lowest BCUT2D eigenvalue weighted by molar-refractivity contribution is -0.124. The first-order chi connectivity index (χ1) is 9.04. The van der Waals surface area contributed by atoms with E-state index in [4.69, 9.17) is 5.73 Å². The summed E-state index contributed by atoms with van der Waals surface area (Å²) in [6, 6.07) is 3.51. The summed E-state index contributed by atoms with van der Waals surface area (Å²) in [5, 5.41) is 2.79. The SMILES string of the molecule is Cl.NC1CCC(C(=O)NCCc2cc(F)cc(F)c2)C1. The molecule has 2 unspecified atom stereocenters. The number of amides is 1. The summed E-state index contributed by atoms with van der Waals surface area (Å²) in [6.45, 7) is 0.382. The van der Waals surface area contributed by atoms with E-state index in [9.17, 15) is 13.6 Å². The van der Waals surface area contributed by atoms with Crippen LogP contribution in [0.3, 0.4) is 0 Å². The van der Waals surface area contributed by atoms with Crippen molar-refractivity contribution in [3.8, 4) is 0 Å². The van der Waals surface area contributed by atoms with Gasteiger partial charge >= 0.3 is 0 Å². The quantitative estimate of drug-likeness (QED) is 0.896. The average molecular weight is 305 g/mol. The minimum absolute atomic E-state index is 0. The van der Waals surface area contributed by atoms with Gasteiger partial charge in [0.05, 0.1) is 0 Å². The fourth-order valence-corrected chi connectivity index (χ4v) is 2.48. The van der Waals surface area contributed by atoms with Crippen molar-refractivity contribution in [2.75, 3.05) is 6.54 Å². The molecule has 0 radical (unpaired) electrons. The minimum atomic E-state index is -0.594. The number of hydrogen-bond acceptors (Lipinski definition) is 2. The molecule has 6 heteroatoms. The molecule has 0 spiro atoms. The number of nitrogens with two attached hydrogens (primary N) is 1. The van der Waals surface area contributed by atoms with Crippen molar-refractivity contribution < 1.29 is 13.6 Å². The van der Waals surface area contributed by atoms with Crippen LogP contribution >= 0.6 is 12.4 Å². The molecule has 20 heavy (non-hydrogen) atoms. The van der Waals surface area contributed by atoms with Gasteiger partial charge in [-0.15, -0.1) is 12.4 Å². The third kappa shape index (κ3) is 4.72. The van der Waals surface area contributed by atoms with Gasteiger partial charge in [0.2, 0.25) is 5.91 Å². The van der Waals surface area contributed by atoms with Crippen LogP contribution in [0.5, 0.6) is 0 Å². The van der Waals surface area contributed by atoms with Crippen LogP contribution in [0.2, 0.25) is 0 Å². The Labute approximate surface area is 123 Å². The Hall–Kier alpha value is -1.20. The van der Waals surface area contributed by atoms with E-state index in [1.54, 1.807) is 0 Å². The zero-order valence-electron chi connectivity index (χ0n) is 11.1. The van der Waals surface area contributed by atoms with Crippen molar-refractivity contribution in [1.29, 1.82) is 0 Å². The van der Waals surface area contributed by atoms with Crippen LogP contribution < -0.4 is 11.1 Å². The number of carbonyl (C=O) groups is 1. The Bertz CT molecular complexity index is 450. The molecule has 2 rings (SSSR count). The van der Waals surface area contributed by atoms with Gasteiger partial charge in [-0.3, -0.25) is 4.79 Å². The molecular formula is C14H19ClF2N2O. The topological polar surface area (TPSA) is 55.1 Å². The highest BCUT2D eigenvalue weighted by Crippen LogP contribution is 2.23. The molecule has 0 bridgehead atoms. The molecule has 3 nitrogen and oxygen atoms in total. The molecule has 0 aliphatic heterocycles. The van der Waals surface area contributed by atoms with E-state index >= 15 is 0 Å². The summed E-state index contributed by atoms with van der Waals surface area (Å²) < 4.78 is 25.9. The van der Waals surface area contributed by atoms with E-state index in [2.05, 4.69) is 5.32 Å². The van der Waals surface area contributed by atoms with E-state index in [-0.39, 0.29) is 30.3 Å². The second-order valence-electron chi connectivity index (χ2n) is 5.09. The smallest absolute Gasteiger partial charge is 0.223 e. The maximum atomic E-state index is 13.0. The summed E-state index contributed by atoms with van der Waals surface area (Å²) >= 11 is 0. The fraction of sp³-hybridized carbons (Fsp3) is 0.500. The number of carbonyl (C=O) groups excluding carboxylic acids is 1. The molecule has 1 aliphatic rings. The van der Waals surface area contributed by atoms with Gasteiger partial charge in [0.15, 0.2) is 0 Å². The number of benzene rings is 1. The lowest BCUT2D eigenvalue weighted by Gasteiger charge is -2.10. The predicted octanol–water partition coefficient (Wildman–Crippen LogP) is 2.17. The van der Waals surface area contributed by atoms with E-state index in [0.29, 0.717) is 18.5 Å². The minimum Gasteiger partial charge on any atom is -0.356 e. The molecule has 1 aromatic carbocycles. The van der Waals surface area contributed by atoms with Crippen LogP contribution in [0.1, 0.15) is 24.8 Å². The first-order valence-corrected chi connectivity index (χ1v) is 6.53. The second-order valence-corrected chi connectivity index (χ2v) is 5.09. The van der Waals surface area contributed by atoms with Gasteiger partial charge in [0, 0.05) is 24.6 Å². The number of nitrogens with one attached hydrogen (secondary N) is 1. The van der Waals surface area contributed by atoms with Crippen LogP contribution in [0, 0.1) is 17.6 Å². The van der Waals surface area contributed by atoms with Crippen LogP contribution in [0.4, 0.5) is 8.78 Å². The standard InChI is InChI=1S/C14H18F2N2O.ClH/c15-11-5-9(6-12(16)8-11)3-4-18-14(19)10-1-2-13(17)7-10;/h5-6,8,10,13H,1-4,7,17H2,(H,18,19);1H. The number of hydrogen-bond donors (Lipinski definition) is 2. The Balaban J connectivity index is 0.00000200. The van der Waals surface area contributed by atoms with Crippen LogP contribution in [-0.2, 0) is 11.2 Å². The zero-order valence-corrected chi connectivity index (χ0v) is 11.9. The predicted molar refractivity (Wildman–Crippen MR) is 75.6 cm³/mol. The highest BCUT2D eigenvalue weighted by Gasteiger charge is 2.27. The molecule has 1 saturated carbocycles. The fourth-order valence-electron chi connectivity index (χ4n) is 2.48. The Morgan fingerprint density at radius 2 is 1.90 bits per heavy atom. The monoisotopic (exact) mass is 304 g/mol. The summed E-state index contributed by atoms with van der Waals surface area (Å²) in [7, 11) is 0. The summed E-state index contributed by atoms with van der Waals surface area (Å²) in [5.74, 6) is -1.21. The van der Waals surface area contributed by atoms with Gasteiger partial charge in [0.1, 0.15) is 11.6 Å². The van der Waals surface area contributed by atoms with Crippen molar-refractivity contribution in [1.82, 2.24) is 5.32 Å². The summed E-state index contributed by atoms with van der Waals surface area (Å²) in [6.07, 6.45) is 2.84. The van der Waals surface area contributed by atoms with E-state index < -0.39 is 11.6 Å². The van der Waals surface area contributed by atoms with Crippen molar-refractivity contribution in [2.24, 2.45) is 11.7 Å². The van der Waals surface area contributed by atoms with E-state index in [0.717, 1.165) is 25.3 Å². The van der Waals surface area contributed by atoms with Crippen molar-refractivity contribution >= 4 is 18.3 Å². The summed E-state index contributed by atoms with van der Waals surface area (Å²) in [4.78, 5) is 11.8. The molecule has 2 atom stereocenters. The van der Waals surface area contributed by atoms with Crippen LogP contribution in [0.25, 0.3) is 0 Å². The van der Waals surface area contributed by atoms with Crippen molar-refractivity contribution in [3.05, 3.63) is 35.4 Å². The van der Waals surface area contributed by atoms with Crippen LogP contribution in [-0.4, -0.2) is 18.5 Å². The molecule has 1 aromatic rings. The average Bonchev–Trinajstić information content (AvgIpc) is 2.74. The molecule has 0 aromatic heterocycles. The lowest BCUT2D eigenvalue weighted by atomic mass is 10.1. The molecule has 1 amide bonds. The molecule has 0 heterocycles. The highest BCUT2D eigenvalue weighted by molar-refractivity contribution is 5.85. The highest BCUT2D eigenvalue weighted by atomic mass is 35.5. The normalized spacial score (nSPS) is 21.4. The van der Waals surface area contributed by atoms with Gasteiger partial charge in [-0.1, -0.05) is 0 Å². The molecule has 1 fully saturated rings. The third-order valence-corrected chi connectivity index (χ3v) is 3.48. The Morgan fingerprint density at radius 1 is 1.25 bits per heavy atom. The molecule has 3 N–H and O–H groups in total. The summed E-state index contributed by atoms with van der Waals surface area (Å²) in [5.41, 5.74) is 6.30. The maximum Gasteiger partial charge on any atom is 0.223 e. The van der Waals surface area contributed by atoms with Gasteiger partial charge < -0.3 is 11.1 Å². The molecule has 0 saturated heterocycles. The molecule has 1 aliphatic carbocycles. The first-order valence-electron chi connectivity index (χ1n) is 6.53.